The van der Waals surface area contributed by atoms with Crippen molar-refractivity contribution in [3.63, 3.8) is 0 Å². The maximum absolute atomic E-state index is 12.3. The highest BCUT2D eigenvalue weighted by Crippen LogP contribution is 2.31. The SMILES string of the molecule is CCCCc1c2c(C)c(C(=O)OCC)[nH]c2cc2[n+]1CC(C)=C2C. The van der Waals surface area contributed by atoms with Gasteiger partial charge in [-0.1, -0.05) is 13.3 Å². The Labute approximate surface area is 143 Å². The maximum Gasteiger partial charge on any atom is 0.355 e. The summed E-state index contributed by atoms with van der Waals surface area (Å²) in [6.07, 6.45) is 3.34. The molecule has 4 nitrogen and oxygen atoms in total. The van der Waals surface area contributed by atoms with E-state index in [9.17, 15) is 4.79 Å². The van der Waals surface area contributed by atoms with Crippen LogP contribution in [0, 0.1) is 6.92 Å². The van der Waals surface area contributed by atoms with Crippen LogP contribution in [-0.2, 0) is 17.7 Å². The van der Waals surface area contributed by atoms with E-state index in [1.807, 2.05) is 13.8 Å². The fourth-order valence-corrected chi connectivity index (χ4v) is 3.67. The largest absolute Gasteiger partial charge is 0.461 e. The number of ether oxygens (including phenoxy) is 1. The molecule has 128 valence electrons. The lowest BCUT2D eigenvalue weighted by atomic mass is 10.0. The van der Waals surface area contributed by atoms with Gasteiger partial charge in [-0.25, -0.2) is 4.79 Å². The average Bonchev–Trinajstić information content (AvgIpc) is 3.03. The lowest BCUT2D eigenvalue weighted by Gasteiger charge is -2.06. The zero-order chi connectivity index (χ0) is 17.4. The monoisotopic (exact) mass is 327 g/mol. The number of fused-ring (bicyclic) bond motifs is 2. The molecular formula is C20H27N2O2+. The molecule has 3 heterocycles. The van der Waals surface area contributed by atoms with Crippen molar-refractivity contribution in [2.24, 2.45) is 0 Å². The number of nitrogens with zero attached hydrogens (tertiary/aromatic N) is 1. The first kappa shape index (κ1) is 16.7. The van der Waals surface area contributed by atoms with Crippen LogP contribution in [0.15, 0.2) is 11.6 Å². The van der Waals surface area contributed by atoms with Crippen molar-refractivity contribution < 1.29 is 14.1 Å². The quantitative estimate of drug-likeness (QED) is 0.664. The Kier molecular flexibility index (Phi) is 4.48. The number of hydrogen-bond acceptors (Lipinski definition) is 2. The molecule has 4 heteroatoms. The average molecular weight is 327 g/mol. The molecule has 3 rings (SSSR count). The van der Waals surface area contributed by atoms with Gasteiger partial charge in [-0.2, -0.15) is 4.57 Å². The van der Waals surface area contributed by atoms with Gasteiger partial charge in [0.25, 0.3) is 0 Å². The van der Waals surface area contributed by atoms with Crippen LogP contribution in [-0.4, -0.2) is 17.6 Å². The Morgan fingerprint density at radius 3 is 2.71 bits per heavy atom. The number of aromatic amines is 1. The van der Waals surface area contributed by atoms with Gasteiger partial charge in [0, 0.05) is 23.6 Å². The van der Waals surface area contributed by atoms with E-state index in [0.29, 0.717) is 12.3 Å². The fourth-order valence-electron chi connectivity index (χ4n) is 3.67. The molecule has 0 amide bonds. The van der Waals surface area contributed by atoms with Crippen molar-refractivity contribution in [1.29, 1.82) is 0 Å². The number of H-pyrrole nitrogens is 1. The number of carbonyl (C=O) groups is 1. The summed E-state index contributed by atoms with van der Waals surface area (Å²) < 4.78 is 7.64. The van der Waals surface area contributed by atoms with Gasteiger partial charge in [0.15, 0.2) is 12.2 Å². The minimum atomic E-state index is -0.263. The number of unbranched alkanes of at least 4 members (excludes halogenated alkanes) is 1. The van der Waals surface area contributed by atoms with E-state index < -0.39 is 0 Å². The summed E-state index contributed by atoms with van der Waals surface area (Å²) in [5, 5.41) is 1.19. The number of carbonyl (C=O) groups excluding carboxylic acids is 1. The normalized spacial score (nSPS) is 13.7. The van der Waals surface area contributed by atoms with E-state index in [1.165, 1.54) is 27.9 Å². The number of allylic oxidation sites excluding steroid dienone is 2. The zero-order valence-electron chi connectivity index (χ0n) is 15.4. The minimum Gasteiger partial charge on any atom is -0.461 e. The van der Waals surface area contributed by atoms with Gasteiger partial charge in [0.05, 0.1) is 17.5 Å². The highest BCUT2D eigenvalue weighted by Gasteiger charge is 2.31. The summed E-state index contributed by atoms with van der Waals surface area (Å²) in [5.41, 5.74) is 8.01. The minimum absolute atomic E-state index is 0.263. The van der Waals surface area contributed by atoms with E-state index in [4.69, 9.17) is 4.74 Å². The predicted octanol–water partition coefficient (Wildman–Crippen LogP) is 4.09. The number of aryl methyl sites for hydroxylation is 2. The molecule has 0 unspecified atom stereocenters. The number of esters is 1. The van der Waals surface area contributed by atoms with Crippen LogP contribution in [0.4, 0.5) is 0 Å². The molecular weight excluding hydrogens is 300 g/mol. The number of hydrogen-bond donors (Lipinski definition) is 1. The summed E-state index contributed by atoms with van der Waals surface area (Å²) in [6.45, 7) is 11.8. The number of pyridine rings is 1. The van der Waals surface area contributed by atoms with E-state index in [1.54, 1.807) is 0 Å². The Morgan fingerprint density at radius 1 is 1.29 bits per heavy atom. The van der Waals surface area contributed by atoms with Crippen LogP contribution in [0.25, 0.3) is 16.5 Å². The van der Waals surface area contributed by atoms with Crippen molar-refractivity contribution in [2.45, 2.75) is 60.4 Å². The Hall–Kier alpha value is -2.10. The third kappa shape index (κ3) is 2.54. The third-order valence-electron chi connectivity index (χ3n) is 5.13. The van der Waals surface area contributed by atoms with Crippen LogP contribution < -0.4 is 4.57 Å². The zero-order valence-corrected chi connectivity index (χ0v) is 15.4. The lowest BCUT2D eigenvalue weighted by Crippen LogP contribution is -2.39. The molecule has 2 aromatic heterocycles. The molecule has 1 N–H and O–H groups in total. The van der Waals surface area contributed by atoms with Crippen LogP contribution >= 0.6 is 0 Å². The second kappa shape index (κ2) is 6.42. The Bertz CT molecular complexity index is 843. The van der Waals surface area contributed by atoms with Gasteiger partial charge in [-0.3, -0.25) is 0 Å². The second-order valence-corrected chi connectivity index (χ2v) is 6.71. The summed E-state index contributed by atoms with van der Waals surface area (Å²) in [6, 6.07) is 2.19. The van der Waals surface area contributed by atoms with Crippen LogP contribution in [0.3, 0.4) is 0 Å². The lowest BCUT2D eigenvalue weighted by molar-refractivity contribution is -0.692. The maximum atomic E-state index is 12.3. The van der Waals surface area contributed by atoms with Gasteiger partial charge in [-0.15, -0.1) is 0 Å². The van der Waals surface area contributed by atoms with Crippen molar-refractivity contribution in [3.05, 3.63) is 34.3 Å². The Morgan fingerprint density at radius 2 is 2.04 bits per heavy atom. The van der Waals surface area contributed by atoms with Crippen molar-refractivity contribution >= 4 is 22.4 Å². The summed E-state index contributed by atoms with van der Waals surface area (Å²) in [7, 11) is 0. The van der Waals surface area contributed by atoms with Crippen LogP contribution in [0.5, 0.6) is 0 Å². The molecule has 2 aromatic rings. The van der Waals surface area contributed by atoms with Crippen LogP contribution in [0.2, 0.25) is 0 Å². The van der Waals surface area contributed by atoms with Crippen molar-refractivity contribution in [1.82, 2.24) is 4.98 Å². The number of aromatic nitrogens is 2. The molecule has 0 saturated carbocycles. The first-order chi connectivity index (χ1) is 11.5. The van der Waals surface area contributed by atoms with E-state index in [2.05, 4.69) is 36.4 Å². The molecule has 1 aliphatic heterocycles. The number of rotatable bonds is 5. The highest BCUT2D eigenvalue weighted by atomic mass is 16.5. The van der Waals surface area contributed by atoms with Crippen molar-refractivity contribution in [2.75, 3.05) is 6.61 Å². The summed E-state index contributed by atoms with van der Waals surface area (Å²) in [5.74, 6) is -0.263. The smallest absolute Gasteiger partial charge is 0.355 e. The van der Waals surface area contributed by atoms with Gasteiger partial charge in [0.1, 0.15) is 5.69 Å². The summed E-state index contributed by atoms with van der Waals surface area (Å²) in [4.78, 5) is 15.6. The van der Waals surface area contributed by atoms with Gasteiger partial charge in [-0.05, 0) is 39.7 Å². The van der Waals surface area contributed by atoms with E-state index >= 15 is 0 Å². The van der Waals surface area contributed by atoms with Crippen molar-refractivity contribution in [3.8, 4) is 0 Å². The van der Waals surface area contributed by atoms with E-state index in [-0.39, 0.29) is 5.97 Å². The molecule has 0 radical (unpaired) electrons. The molecule has 0 aliphatic carbocycles. The third-order valence-corrected chi connectivity index (χ3v) is 5.13. The molecule has 1 aliphatic rings. The first-order valence-corrected chi connectivity index (χ1v) is 8.91. The molecule has 0 spiro atoms. The van der Waals surface area contributed by atoms with Gasteiger partial charge < -0.3 is 9.72 Å². The second-order valence-electron chi connectivity index (χ2n) is 6.71. The molecule has 0 bridgehead atoms. The predicted molar refractivity (Wildman–Crippen MR) is 96.1 cm³/mol. The van der Waals surface area contributed by atoms with Gasteiger partial charge in [0.2, 0.25) is 5.69 Å². The standard InChI is InChI=1S/C20H26N2O2/c1-6-8-9-16-18-14(5)19(20(23)24-7-2)21-15(18)10-17-13(4)12(3)11-22(16)17/h10H,6-9,11H2,1-5H3/p+1. The molecule has 24 heavy (non-hydrogen) atoms. The number of nitrogens with one attached hydrogen (secondary N) is 1. The molecule has 0 saturated heterocycles. The van der Waals surface area contributed by atoms with Crippen LogP contribution in [0.1, 0.15) is 68.0 Å². The molecule has 0 aromatic carbocycles. The Balaban J connectivity index is 2.24. The van der Waals surface area contributed by atoms with E-state index in [0.717, 1.165) is 36.9 Å². The fraction of sp³-hybridized carbons (Fsp3) is 0.500. The molecule has 0 fully saturated rings. The topological polar surface area (TPSA) is 46.0 Å². The summed E-state index contributed by atoms with van der Waals surface area (Å²) >= 11 is 0. The molecule has 0 atom stereocenters. The first-order valence-electron chi connectivity index (χ1n) is 8.91. The van der Waals surface area contributed by atoms with Gasteiger partial charge >= 0.3 is 5.97 Å². The highest BCUT2D eigenvalue weighted by molar-refractivity contribution is 5.99.